The number of amides is 1. The third kappa shape index (κ3) is 4.14. The first-order chi connectivity index (χ1) is 10.1. The minimum Gasteiger partial charge on any atom is -0.477 e. The highest BCUT2D eigenvalue weighted by atomic mass is 16.4. The molecular formula is C16H17N2O3+. The molecule has 108 valence electrons. The Hall–Kier alpha value is -2.69. The second kappa shape index (κ2) is 6.65. The third-order valence-corrected chi connectivity index (χ3v) is 3.08. The molecule has 5 nitrogen and oxygen atoms in total. The summed E-state index contributed by atoms with van der Waals surface area (Å²) in [4.78, 5) is 22.8. The lowest BCUT2D eigenvalue weighted by Gasteiger charge is -2.04. The topological polar surface area (TPSA) is 70.3 Å². The van der Waals surface area contributed by atoms with E-state index in [4.69, 9.17) is 5.11 Å². The quantitative estimate of drug-likeness (QED) is 0.824. The summed E-state index contributed by atoms with van der Waals surface area (Å²) in [5, 5.41) is 11.7. The van der Waals surface area contributed by atoms with Gasteiger partial charge >= 0.3 is 5.97 Å². The fraction of sp³-hybridized carbons (Fsp3) is 0.188. The van der Waals surface area contributed by atoms with Crippen molar-refractivity contribution in [3.05, 3.63) is 59.9 Å². The van der Waals surface area contributed by atoms with Gasteiger partial charge in [0.1, 0.15) is 5.56 Å². The molecule has 21 heavy (non-hydrogen) atoms. The highest BCUT2D eigenvalue weighted by Crippen LogP contribution is 2.09. The Balaban J connectivity index is 2.00. The van der Waals surface area contributed by atoms with E-state index in [0.717, 1.165) is 12.1 Å². The maximum atomic E-state index is 11.9. The molecule has 1 aromatic carbocycles. The number of carbonyl (C=O) groups is 2. The van der Waals surface area contributed by atoms with Crippen LogP contribution in [0.2, 0.25) is 0 Å². The van der Waals surface area contributed by atoms with Crippen LogP contribution in [-0.4, -0.2) is 17.0 Å². The van der Waals surface area contributed by atoms with Crippen LogP contribution in [0.5, 0.6) is 0 Å². The van der Waals surface area contributed by atoms with Crippen molar-refractivity contribution in [2.24, 2.45) is 0 Å². The van der Waals surface area contributed by atoms with Crippen molar-refractivity contribution in [3.8, 4) is 0 Å². The monoisotopic (exact) mass is 285 g/mol. The van der Waals surface area contributed by atoms with E-state index in [-0.39, 0.29) is 18.0 Å². The molecule has 0 aliphatic carbocycles. The average molecular weight is 285 g/mol. The number of rotatable bonds is 5. The van der Waals surface area contributed by atoms with E-state index >= 15 is 0 Å². The van der Waals surface area contributed by atoms with Gasteiger partial charge in [-0.05, 0) is 30.2 Å². The third-order valence-electron chi connectivity index (χ3n) is 3.08. The van der Waals surface area contributed by atoms with Gasteiger partial charge in [0.05, 0.1) is 0 Å². The van der Waals surface area contributed by atoms with Crippen LogP contribution in [0, 0.1) is 0 Å². The molecule has 0 saturated heterocycles. The molecule has 0 atom stereocenters. The number of carbonyl (C=O) groups excluding carboxylic acids is 1. The van der Waals surface area contributed by atoms with Crippen molar-refractivity contribution in [2.75, 3.05) is 5.32 Å². The molecule has 2 rings (SSSR count). The Labute approximate surface area is 122 Å². The molecule has 5 heteroatoms. The van der Waals surface area contributed by atoms with E-state index in [1.165, 1.54) is 17.8 Å². The van der Waals surface area contributed by atoms with Gasteiger partial charge in [0.15, 0.2) is 12.4 Å². The molecular weight excluding hydrogens is 268 g/mol. The number of aromatic carboxylic acids is 1. The second-order valence-electron chi connectivity index (χ2n) is 4.67. The molecule has 0 fully saturated rings. The largest absolute Gasteiger partial charge is 0.477 e. The Bertz CT molecular complexity index is 651. The fourth-order valence-electron chi connectivity index (χ4n) is 1.94. The zero-order valence-corrected chi connectivity index (χ0v) is 11.7. The van der Waals surface area contributed by atoms with Gasteiger partial charge < -0.3 is 10.4 Å². The van der Waals surface area contributed by atoms with E-state index in [9.17, 15) is 9.59 Å². The SMILES string of the molecule is CCc1ccc(NC(=O)C[n+]2cccc(C(=O)O)c2)cc1. The Kier molecular flexibility index (Phi) is 4.66. The molecule has 1 amide bonds. The van der Waals surface area contributed by atoms with Crippen molar-refractivity contribution < 1.29 is 19.3 Å². The number of nitrogens with zero attached hydrogens (tertiary/aromatic N) is 1. The number of pyridine rings is 1. The zero-order chi connectivity index (χ0) is 15.2. The van der Waals surface area contributed by atoms with Gasteiger partial charge in [0.25, 0.3) is 5.91 Å². The summed E-state index contributed by atoms with van der Waals surface area (Å²) < 4.78 is 1.54. The van der Waals surface area contributed by atoms with Gasteiger partial charge in [0, 0.05) is 11.8 Å². The molecule has 0 bridgehead atoms. The number of nitrogens with one attached hydrogen (secondary N) is 1. The predicted octanol–water partition coefficient (Wildman–Crippen LogP) is 1.87. The Morgan fingerprint density at radius 2 is 1.90 bits per heavy atom. The first-order valence-corrected chi connectivity index (χ1v) is 6.69. The highest BCUT2D eigenvalue weighted by molar-refractivity contribution is 5.89. The second-order valence-corrected chi connectivity index (χ2v) is 4.67. The van der Waals surface area contributed by atoms with Crippen LogP contribution in [0.1, 0.15) is 22.8 Å². The van der Waals surface area contributed by atoms with Crippen LogP contribution in [0.25, 0.3) is 0 Å². The molecule has 1 heterocycles. The number of aromatic nitrogens is 1. The smallest absolute Gasteiger partial charge is 0.341 e. The molecule has 0 aliphatic rings. The van der Waals surface area contributed by atoms with Crippen molar-refractivity contribution in [2.45, 2.75) is 19.9 Å². The number of hydrogen-bond donors (Lipinski definition) is 2. The summed E-state index contributed by atoms with van der Waals surface area (Å²) in [6, 6.07) is 10.7. The van der Waals surface area contributed by atoms with Gasteiger partial charge in [0.2, 0.25) is 6.54 Å². The molecule has 2 N–H and O–H groups in total. The molecule has 0 saturated carbocycles. The van der Waals surface area contributed by atoms with E-state index in [1.807, 2.05) is 24.3 Å². The van der Waals surface area contributed by atoms with Crippen molar-refractivity contribution in [1.29, 1.82) is 0 Å². The lowest BCUT2D eigenvalue weighted by Crippen LogP contribution is -2.40. The van der Waals surface area contributed by atoms with Crippen LogP contribution < -0.4 is 9.88 Å². The maximum absolute atomic E-state index is 11.9. The Morgan fingerprint density at radius 1 is 1.19 bits per heavy atom. The van der Waals surface area contributed by atoms with E-state index in [2.05, 4.69) is 12.2 Å². The number of aryl methyl sites for hydroxylation is 1. The normalized spacial score (nSPS) is 10.1. The summed E-state index contributed by atoms with van der Waals surface area (Å²) in [6.07, 6.45) is 4.04. The Morgan fingerprint density at radius 3 is 2.52 bits per heavy atom. The standard InChI is InChI=1S/C16H16N2O3/c1-2-12-5-7-14(8-6-12)17-15(19)11-18-9-3-4-13(10-18)16(20)21/h3-10H,2,11H2,1H3,(H-,17,19,20,21)/p+1. The maximum Gasteiger partial charge on any atom is 0.341 e. The van der Waals surface area contributed by atoms with E-state index in [1.54, 1.807) is 16.8 Å². The van der Waals surface area contributed by atoms with Crippen molar-refractivity contribution in [1.82, 2.24) is 0 Å². The predicted molar refractivity (Wildman–Crippen MR) is 78.0 cm³/mol. The summed E-state index contributed by atoms with van der Waals surface area (Å²) in [7, 11) is 0. The first kappa shape index (κ1) is 14.7. The van der Waals surface area contributed by atoms with Crippen molar-refractivity contribution >= 4 is 17.6 Å². The molecule has 0 unspecified atom stereocenters. The summed E-state index contributed by atoms with van der Waals surface area (Å²) in [5.74, 6) is -1.22. The number of hydrogen-bond acceptors (Lipinski definition) is 2. The molecule has 0 spiro atoms. The summed E-state index contributed by atoms with van der Waals surface area (Å²) in [6.45, 7) is 2.14. The fourth-order valence-corrected chi connectivity index (χ4v) is 1.94. The van der Waals surface area contributed by atoms with Crippen molar-refractivity contribution in [3.63, 3.8) is 0 Å². The number of anilines is 1. The van der Waals surface area contributed by atoms with Crippen LogP contribution in [0.4, 0.5) is 5.69 Å². The molecule has 1 aromatic heterocycles. The first-order valence-electron chi connectivity index (χ1n) is 6.69. The van der Waals surface area contributed by atoms with E-state index < -0.39 is 5.97 Å². The summed E-state index contributed by atoms with van der Waals surface area (Å²) in [5.41, 5.74) is 2.08. The average Bonchev–Trinajstić information content (AvgIpc) is 2.48. The van der Waals surface area contributed by atoms with Gasteiger partial charge in [-0.25, -0.2) is 4.79 Å². The number of carboxylic acid groups (broad SMARTS) is 1. The molecule has 2 aromatic rings. The van der Waals surface area contributed by atoms with Crippen LogP contribution in [0.15, 0.2) is 48.8 Å². The lowest BCUT2D eigenvalue weighted by molar-refractivity contribution is -0.684. The zero-order valence-electron chi connectivity index (χ0n) is 11.7. The molecule has 0 aliphatic heterocycles. The highest BCUT2D eigenvalue weighted by Gasteiger charge is 2.13. The summed E-state index contributed by atoms with van der Waals surface area (Å²) >= 11 is 0. The number of benzene rings is 1. The van der Waals surface area contributed by atoms with Gasteiger partial charge in [-0.1, -0.05) is 19.1 Å². The van der Waals surface area contributed by atoms with Crippen LogP contribution >= 0.6 is 0 Å². The number of carboxylic acids is 1. The molecule has 0 radical (unpaired) electrons. The minimum absolute atomic E-state index is 0.0661. The van der Waals surface area contributed by atoms with Gasteiger partial charge in [-0.2, -0.15) is 4.57 Å². The van der Waals surface area contributed by atoms with Crippen LogP contribution in [-0.2, 0) is 17.8 Å². The van der Waals surface area contributed by atoms with E-state index in [0.29, 0.717) is 0 Å². The van der Waals surface area contributed by atoms with Crippen LogP contribution in [0.3, 0.4) is 0 Å². The van der Waals surface area contributed by atoms with Gasteiger partial charge in [-0.3, -0.25) is 4.79 Å². The van der Waals surface area contributed by atoms with Gasteiger partial charge in [-0.15, -0.1) is 0 Å². The lowest BCUT2D eigenvalue weighted by atomic mass is 10.1. The minimum atomic E-state index is -1.01.